The van der Waals surface area contributed by atoms with E-state index < -0.39 is 23.7 Å². The number of nitrogens with zero attached hydrogens (tertiary/aromatic N) is 5. The van der Waals surface area contributed by atoms with Gasteiger partial charge < -0.3 is 14.8 Å². The number of aromatic nitrogens is 5. The van der Waals surface area contributed by atoms with Crippen molar-refractivity contribution in [2.45, 2.75) is 49.9 Å². The fourth-order valence-electron chi connectivity index (χ4n) is 4.23. The van der Waals surface area contributed by atoms with Gasteiger partial charge in [-0.25, -0.2) is 4.98 Å². The molecule has 4 heterocycles. The number of hydrogen-bond acceptors (Lipinski definition) is 7. The van der Waals surface area contributed by atoms with E-state index in [1.54, 1.807) is 6.08 Å². The van der Waals surface area contributed by atoms with Crippen LogP contribution < -0.4 is 10.1 Å². The third-order valence-electron chi connectivity index (χ3n) is 6.01. The molecule has 33 heavy (non-hydrogen) atoms. The Kier molecular flexibility index (Phi) is 5.65. The average Bonchev–Trinajstić information content (AvgIpc) is 3.19. The predicted molar refractivity (Wildman–Crippen MR) is 114 cm³/mol. The van der Waals surface area contributed by atoms with Crippen molar-refractivity contribution in [1.82, 2.24) is 24.6 Å². The molecule has 174 valence electrons. The number of nitrogens with one attached hydrogen (secondary N) is 1. The second kappa shape index (κ2) is 8.62. The maximum absolute atomic E-state index is 13.4. The topological polar surface area (TPSA) is 86.5 Å². The van der Waals surface area contributed by atoms with Gasteiger partial charge in [0, 0.05) is 24.4 Å². The van der Waals surface area contributed by atoms with Gasteiger partial charge in [-0.15, -0.1) is 10.2 Å². The van der Waals surface area contributed by atoms with Crippen molar-refractivity contribution in [2.75, 3.05) is 18.5 Å². The highest BCUT2D eigenvalue weighted by Crippen LogP contribution is 2.37. The van der Waals surface area contributed by atoms with E-state index in [0.29, 0.717) is 0 Å². The third kappa shape index (κ3) is 4.50. The normalized spacial score (nSPS) is 21.5. The van der Waals surface area contributed by atoms with Crippen molar-refractivity contribution in [1.29, 1.82) is 0 Å². The first-order valence-corrected chi connectivity index (χ1v) is 10.8. The number of halogens is 3. The van der Waals surface area contributed by atoms with Crippen LogP contribution in [0.4, 0.5) is 19.1 Å². The monoisotopic (exact) mass is 460 g/mol. The van der Waals surface area contributed by atoms with E-state index in [2.05, 4.69) is 32.1 Å². The minimum absolute atomic E-state index is 0.0137. The smallest absolute Gasteiger partial charge is 0.423 e. The van der Waals surface area contributed by atoms with Crippen LogP contribution in [0.25, 0.3) is 11.7 Å². The predicted octanol–water partition coefficient (Wildman–Crippen LogP) is 4.10. The molecule has 1 saturated carbocycles. The number of ether oxygens (including phenoxy) is 2. The van der Waals surface area contributed by atoms with Crippen LogP contribution in [0.1, 0.15) is 48.6 Å². The molecule has 5 rings (SSSR count). The molecule has 2 fully saturated rings. The van der Waals surface area contributed by atoms with Gasteiger partial charge in [0.1, 0.15) is 17.5 Å². The molecular formula is C22H23F3N6O2. The zero-order valence-corrected chi connectivity index (χ0v) is 17.8. The van der Waals surface area contributed by atoms with Gasteiger partial charge in [-0.1, -0.05) is 19.1 Å². The zero-order chi connectivity index (χ0) is 23.0. The Morgan fingerprint density at radius 2 is 2.09 bits per heavy atom. The SMILES string of the molecule is C=Cc1ccn2c([C@H]3CCC[C@@H](Nc4ncc(C(F)(F)F)c(OC5COC5)n4)C3)nnc2c1. The Balaban J connectivity index is 1.33. The van der Waals surface area contributed by atoms with E-state index in [0.717, 1.165) is 48.9 Å². The Morgan fingerprint density at radius 1 is 1.24 bits per heavy atom. The molecule has 0 amide bonds. The number of hydrogen-bond donors (Lipinski definition) is 1. The van der Waals surface area contributed by atoms with Crippen LogP contribution in [-0.2, 0) is 10.9 Å². The van der Waals surface area contributed by atoms with Gasteiger partial charge in [-0.2, -0.15) is 18.2 Å². The summed E-state index contributed by atoms with van der Waals surface area (Å²) < 4.78 is 52.5. The molecule has 3 aromatic rings. The maximum atomic E-state index is 13.4. The summed E-state index contributed by atoms with van der Waals surface area (Å²) in [6.45, 7) is 4.27. The quantitative estimate of drug-likeness (QED) is 0.593. The third-order valence-corrected chi connectivity index (χ3v) is 6.01. The van der Waals surface area contributed by atoms with Crippen molar-refractivity contribution in [2.24, 2.45) is 0 Å². The first kappa shape index (κ1) is 21.6. The lowest BCUT2D eigenvalue weighted by Gasteiger charge is -2.29. The van der Waals surface area contributed by atoms with Gasteiger partial charge in [0.2, 0.25) is 11.8 Å². The van der Waals surface area contributed by atoms with Crippen molar-refractivity contribution < 1.29 is 22.6 Å². The van der Waals surface area contributed by atoms with Crippen LogP contribution in [0.15, 0.2) is 31.1 Å². The fraction of sp³-hybridized carbons (Fsp3) is 0.455. The second-order valence-electron chi connectivity index (χ2n) is 8.34. The lowest BCUT2D eigenvalue weighted by atomic mass is 9.85. The Bertz CT molecular complexity index is 1160. The highest BCUT2D eigenvalue weighted by atomic mass is 19.4. The summed E-state index contributed by atoms with van der Waals surface area (Å²) in [5.74, 6) is 0.667. The first-order valence-electron chi connectivity index (χ1n) is 10.8. The van der Waals surface area contributed by atoms with E-state index in [1.165, 1.54) is 0 Å². The van der Waals surface area contributed by atoms with Crippen LogP contribution >= 0.6 is 0 Å². The molecule has 11 heteroatoms. The van der Waals surface area contributed by atoms with Crippen LogP contribution in [0.5, 0.6) is 5.88 Å². The Hall–Kier alpha value is -3.21. The maximum Gasteiger partial charge on any atom is 0.423 e. The molecular weight excluding hydrogens is 437 g/mol. The summed E-state index contributed by atoms with van der Waals surface area (Å²) in [6.07, 6.45) is 2.90. The number of anilines is 1. The lowest BCUT2D eigenvalue weighted by Crippen LogP contribution is -2.39. The van der Waals surface area contributed by atoms with Crippen LogP contribution in [0.2, 0.25) is 0 Å². The molecule has 0 bridgehead atoms. The fourth-order valence-corrected chi connectivity index (χ4v) is 4.23. The molecule has 1 aliphatic heterocycles. The highest BCUT2D eigenvalue weighted by molar-refractivity contribution is 5.54. The van der Waals surface area contributed by atoms with Gasteiger partial charge in [0.05, 0.1) is 13.2 Å². The summed E-state index contributed by atoms with van der Waals surface area (Å²) in [6, 6.07) is 3.86. The number of alkyl halides is 3. The van der Waals surface area contributed by atoms with E-state index in [9.17, 15) is 13.2 Å². The minimum Gasteiger partial charge on any atom is -0.469 e. The lowest BCUT2D eigenvalue weighted by molar-refractivity contribution is -0.142. The van der Waals surface area contributed by atoms with Gasteiger partial charge >= 0.3 is 6.18 Å². The Labute approximate surface area is 187 Å². The van der Waals surface area contributed by atoms with Crippen molar-refractivity contribution >= 4 is 17.7 Å². The largest absolute Gasteiger partial charge is 0.469 e. The summed E-state index contributed by atoms with van der Waals surface area (Å²) in [5.41, 5.74) is 0.733. The van der Waals surface area contributed by atoms with Crippen LogP contribution in [0.3, 0.4) is 0 Å². The van der Waals surface area contributed by atoms with E-state index in [1.807, 2.05) is 22.7 Å². The van der Waals surface area contributed by atoms with E-state index >= 15 is 0 Å². The molecule has 0 aromatic carbocycles. The van der Waals surface area contributed by atoms with Crippen molar-refractivity contribution in [3.8, 4) is 5.88 Å². The summed E-state index contributed by atoms with van der Waals surface area (Å²) in [5, 5.41) is 11.9. The first-order chi connectivity index (χ1) is 15.9. The van der Waals surface area contributed by atoms with Crippen molar-refractivity contribution in [3.05, 3.63) is 48.1 Å². The standard InChI is InChI=1S/C22H23F3N6O2/c1-2-13-6-7-31-18(8-13)29-30-19(31)14-4-3-5-15(9-14)27-21-26-10-17(22(23,24)25)20(28-21)33-16-11-32-12-16/h2,6-8,10,14-16H,1,3-5,9,11-12H2,(H,26,27,28)/t14-,15+/m0/s1. The summed E-state index contributed by atoms with van der Waals surface area (Å²) in [4.78, 5) is 7.96. The van der Waals surface area contributed by atoms with Gasteiger partial charge in [0.25, 0.3) is 0 Å². The molecule has 1 aliphatic carbocycles. The highest BCUT2D eigenvalue weighted by Gasteiger charge is 2.38. The molecule has 8 nitrogen and oxygen atoms in total. The molecule has 0 spiro atoms. The molecule has 2 aliphatic rings. The van der Waals surface area contributed by atoms with E-state index in [-0.39, 0.29) is 31.1 Å². The molecule has 3 aromatic heterocycles. The number of rotatable bonds is 6. The molecule has 1 saturated heterocycles. The van der Waals surface area contributed by atoms with Gasteiger partial charge in [0.15, 0.2) is 5.65 Å². The molecule has 0 unspecified atom stereocenters. The molecule has 2 atom stereocenters. The Morgan fingerprint density at radius 3 is 2.82 bits per heavy atom. The molecule has 0 radical (unpaired) electrons. The summed E-state index contributed by atoms with van der Waals surface area (Å²) in [7, 11) is 0. The van der Waals surface area contributed by atoms with E-state index in [4.69, 9.17) is 9.47 Å². The minimum atomic E-state index is -4.60. The zero-order valence-electron chi connectivity index (χ0n) is 17.8. The van der Waals surface area contributed by atoms with Crippen molar-refractivity contribution in [3.63, 3.8) is 0 Å². The van der Waals surface area contributed by atoms with Crippen LogP contribution in [-0.4, -0.2) is 49.9 Å². The molecule has 1 N–H and O–H groups in total. The van der Waals surface area contributed by atoms with Gasteiger partial charge in [-0.05, 0) is 37.0 Å². The number of fused-ring (bicyclic) bond motifs is 1. The van der Waals surface area contributed by atoms with Crippen LogP contribution in [0, 0.1) is 0 Å². The second-order valence-corrected chi connectivity index (χ2v) is 8.34. The van der Waals surface area contributed by atoms with Gasteiger partial charge in [-0.3, -0.25) is 4.40 Å². The average molecular weight is 460 g/mol. The number of pyridine rings is 1. The summed E-state index contributed by atoms with van der Waals surface area (Å²) >= 11 is 0.